The number of allylic oxidation sites excluding steroid dienone is 1. The Balaban J connectivity index is 1.87. The zero-order valence-corrected chi connectivity index (χ0v) is 12.5. The first-order chi connectivity index (χ1) is 9.28. The maximum Gasteiger partial charge on any atom is 0.169 e. The Morgan fingerprint density at radius 3 is 2.32 bits per heavy atom. The van der Waals surface area contributed by atoms with E-state index in [-0.39, 0.29) is 5.79 Å². The first-order valence-electron chi connectivity index (χ1n) is 8.24. The molecule has 2 fully saturated rings. The van der Waals surface area contributed by atoms with Crippen LogP contribution >= 0.6 is 0 Å². The van der Waals surface area contributed by atoms with Crippen molar-refractivity contribution in [2.75, 3.05) is 0 Å². The van der Waals surface area contributed by atoms with Crippen molar-refractivity contribution < 1.29 is 9.47 Å². The summed E-state index contributed by atoms with van der Waals surface area (Å²) in [6.45, 7) is 6.06. The lowest BCUT2D eigenvalue weighted by Gasteiger charge is -2.46. The van der Waals surface area contributed by atoms with Gasteiger partial charge in [-0.05, 0) is 44.9 Å². The SMILES string of the molecule is C=CCC[C@@H]1CCC[C@]2(CCC[C@@H](CCCC)O2)O1. The predicted molar refractivity (Wildman–Crippen MR) is 79.1 cm³/mol. The molecule has 0 radical (unpaired) electrons. The van der Waals surface area contributed by atoms with E-state index in [1.807, 2.05) is 6.08 Å². The molecule has 3 atom stereocenters. The summed E-state index contributed by atoms with van der Waals surface area (Å²) in [7, 11) is 0. The second-order valence-corrected chi connectivity index (χ2v) is 6.18. The van der Waals surface area contributed by atoms with Crippen LogP contribution in [0.1, 0.15) is 77.6 Å². The highest BCUT2D eigenvalue weighted by Gasteiger charge is 2.41. The van der Waals surface area contributed by atoms with Gasteiger partial charge in [0.25, 0.3) is 0 Å². The van der Waals surface area contributed by atoms with Gasteiger partial charge in [-0.25, -0.2) is 0 Å². The topological polar surface area (TPSA) is 18.5 Å². The molecule has 0 amide bonds. The first kappa shape index (κ1) is 15.1. The van der Waals surface area contributed by atoms with E-state index in [1.165, 1.54) is 44.9 Å². The van der Waals surface area contributed by atoms with Crippen LogP contribution in [-0.2, 0) is 9.47 Å². The van der Waals surface area contributed by atoms with Gasteiger partial charge >= 0.3 is 0 Å². The van der Waals surface area contributed by atoms with Crippen LogP contribution in [0.5, 0.6) is 0 Å². The third-order valence-corrected chi connectivity index (χ3v) is 4.50. The molecule has 0 N–H and O–H groups in total. The molecule has 0 saturated carbocycles. The third kappa shape index (κ3) is 4.32. The summed E-state index contributed by atoms with van der Waals surface area (Å²) in [6.07, 6.45) is 15.9. The Hall–Kier alpha value is -0.340. The Labute approximate surface area is 118 Å². The van der Waals surface area contributed by atoms with Gasteiger partial charge in [0.1, 0.15) is 0 Å². The Morgan fingerprint density at radius 1 is 1.11 bits per heavy atom. The summed E-state index contributed by atoms with van der Waals surface area (Å²) in [5, 5.41) is 0. The third-order valence-electron chi connectivity index (χ3n) is 4.50. The molecule has 110 valence electrons. The van der Waals surface area contributed by atoms with E-state index in [4.69, 9.17) is 9.47 Å². The van der Waals surface area contributed by atoms with E-state index >= 15 is 0 Å². The fraction of sp³-hybridized carbons (Fsp3) is 0.882. The van der Waals surface area contributed by atoms with Gasteiger partial charge in [-0.2, -0.15) is 0 Å². The lowest BCUT2D eigenvalue weighted by atomic mass is 9.91. The zero-order chi connectivity index (χ0) is 13.6. The van der Waals surface area contributed by atoms with E-state index in [2.05, 4.69) is 13.5 Å². The minimum atomic E-state index is -0.235. The van der Waals surface area contributed by atoms with Crippen molar-refractivity contribution in [2.45, 2.75) is 95.5 Å². The van der Waals surface area contributed by atoms with Crippen LogP contribution in [0.25, 0.3) is 0 Å². The highest BCUT2D eigenvalue weighted by molar-refractivity contribution is 4.84. The summed E-state index contributed by atoms with van der Waals surface area (Å²) in [5.41, 5.74) is 0. The molecule has 1 spiro atoms. The molecule has 2 heterocycles. The molecule has 0 unspecified atom stereocenters. The lowest BCUT2D eigenvalue weighted by Crippen LogP contribution is -2.48. The number of rotatable bonds is 6. The fourth-order valence-electron chi connectivity index (χ4n) is 3.45. The van der Waals surface area contributed by atoms with E-state index in [0.29, 0.717) is 12.2 Å². The molecule has 2 heteroatoms. The fourth-order valence-corrected chi connectivity index (χ4v) is 3.45. The van der Waals surface area contributed by atoms with Gasteiger partial charge in [-0.15, -0.1) is 6.58 Å². The number of ether oxygens (including phenoxy) is 2. The summed E-state index contributed by atoms with van der Waals surface area (Å²) >= 11 is 0. The van der Waals surface area contributed by atoms with Crippen LogP contribution in [0.2, 0.25) is 0 Å². The van der Waals surface area contributed by atoms with Gasteiger partial charge in [-0.1, -0.05) is 25.8 Å². The highest BCUT2D eigenvalue weighted by atomic mass is 16.7. The van der Waals surface area contributed by atoms with E-state index < -0.39 is 0 Å². The van der Waals surface area contributed by atoms with Crippen molar-refractivity contribution in [1.29, 1.82) is 0 Å². The second kappa shape index (κ2) is 7.44. The summed E-state index contributed by atoms with van der Waals surface area (Å²) in [4.78, 5) is 0. The first-order valence-corrected chi connectivity index (χ1v) is 8.24. The maximum atomic E-state index is 6.38. The average molecular weight is 266 g/mol. The molecule has 19 heavy (non-hydrogen) atoms. The van der Waals surface area contributed by atoms with E-state index in [0.717, 1.165) is 25.7 Å². The average Bonchev–Trinajstić information content (AvgIpc) is 2.43. The minimum Gasteiger partial charge on any atom is -0.347 e. The van der Waals surface area contributed by atoms with Gasteiger partial charge in [0, 0.05) is 12.8 Å². The molecular formula is C17H30O2. The summed E-state index contributed by atoms with van der Waals surface area (Å²) < 4.78 is 12.7. The quantitative estimate of drug-likeness (QED) is 0.631. The Morgan fingerprint density at radius 2 is 1.74 bits per heavy atom. The van der Waals surface area contributed by atoms with E-state index in [9.17, 15) is 0 Å². The van der Waals surface area contributed by atoms with Crippen LogP contribution in [0.4, 0.5) is 0 Å². The predicted octanol–water partition coefficient (Wildman–Crippen LogP) is 4.98. The highest BCUT2D eigenvalue weighted by Crippen LogP contribution is 2.40. The van der Waals surface area contributed by atoms with Crippen molar-refractivity contribution in [1.82, 2.24) is 0 Å². The van der Waals surface area contributed by atoms with Crippen LogP contribution in [-0.4, -0.2) is 18.0 Å². The Kier molecular flexibility index (Phi) is 5.90. The van der Waals surface area contributed by atoms with Crippen molar-refractivity contribution in [3.05, 3.63) is 12.7 Å². The van der Waals surface area contributed by atoms with Crippen molar-refractivity contribution in [3.63, 3.8) is 0 Å². The van der Waals surface area contributed by atoms with Crippen molar-refractivity contribution in [2.24, 2.45) is 0 Å². The molecular weight excluding hydrogens is 236 g/mol. The normalized spacial score (nSPS) is 35.4. The van der Waals surface area contributed by atoms with Gasteiger partial charge in [0.2, 0.25) is 0 Å². The smallest absolute Gasteiger partial charge is 0.169 e. The zero-order valence-electron chi connectivity index (χ0n) is 12.5. The monoisotopic (exact) mass is 266 g/mol. The maximum absolute atomic E-state index is 6.38. The minimum absolute atomic E-state index is 0.235. The molecule has 0 aliphatic carbocycles. The molecule has 2 aliphatic heterocycles. The van der Waals surface area contributed by atoms with Crippen molar-refractivity contribution in [3.8, 4) is 0 Å². The van der Waals surface area contributed by atoms with Crippen LogP contribution in [0.3, 0.4) is 0 Å². The molecule has 2 rings (SSSR count). The molecule has 0 aromatic heterocycles. The van der Waals surface area contributed by atoms with Crippen LogP contribution in [0.15, 0.2) is 12.7 Å². The Bertz CT molecular complexity index is 272. The van der Waals surface area contributed by atoms with E-state index in [1.54, 1.807) is 0 Å². The second-order valence-electron chi connectivity index (χ2n) is 6.18. The van der Waals surface area contributed by atoms with Gasteiger partial charge in [0.15, 0.2) is 5.79 Å². The summed E-state index contributed by atoms with van der Waals surface area (Å²) in [5.74, 6) is -0.235. The number of hydrogen-bond acceptors (Lipinski definition) is 2. The van der Waals surface area contributed by atoms with Crippen LogP contribution < -0.4 is 0 Å². The van der Waals surface area contributed by atoms with Gasteiger partial charge in [0.05, 0.1) is 12.2 Å². The van der Waals surface area contributed by atoms with Gasteiger partial charge < -0.3 is 9.47 Å². The molecule has 0 bridgehead atoms. The summed E-state index contributed by atoms with van der Waals surface area (Å²) in [6, 6.07) is 0. The molecule has 2 saturated heterocycles. The van der Waals surface area contributed by atoms with Gasteiger partial charge in [-0.3, -0.25) is 0 Å². The number of unbranched alkanes of at least 4 members (excludes halogenated alkanes) is 1. The molecule has 2 nitrogen and oxygen atoms in total. The number of hydrogen-bond donors (Lipinski definition) is 0. The molecule has 2 aliphatic rings. The molecule has 0 aromatic rings. The van der Waals surface area contributed by atoms with Crippen molar-refractivity contribution >= 4 is 0 Å². The largest absolute Gasteiger partial charge is 0.347 e. The van der Waals surface area contributed by atoms with Crippen LogP contribution in [0, 0.1) is 0 Å². The lowest BCUT2D eigenvalue weighted by molar-refractivity contribution is -0.315. The molecule has 0 aromatic carbocycles. The standard InChI is InChI=1S/C17H30O2/c1-3-5-9-15-11-7-13-17(18-15)14-8-12-16(19-17)10-6-4-2/h3,15-16H,1,4-14H2,2H3/t15-,16-,17+/m1/s1.